The molecular weight excluding hydrogens is 320 g/mol. The van der Waals surface area contributed by atoms with Gasteiger partial charge in [-0.25, -0.2) is 4.79 Å². The Balaban J connectivity index is 2.69. The highest BCUT2D eigenvalue weighted by atomic mass is 28.4. The van der Waals surface area contributed by atoms with Crippen LogP contribution in [0.5, 0.6) is 5.75 Å². The van der Waals surface area contributed by atoms with Gasteiger partial charge < -0.3 is 13.9 Å². The number of carbonyl (C=O) groups is 1. The fraction of sp³-hybridized carbons (Fsp3) is 0.526. The van der Waals surface area contributed by atoms with Gasteiger partial charge in [-0.05, 0) is 37.2 Å². The molecule has 4 nitrogen and oxygen atoms in total. The number of ether oxygens (including phenoxy) is 2. The Labute approximate surface area is 146 Å². The zero-order chi connectivity index (χ0) is 18.4. The van der Waals surface area contributed by atoms with E-state index in [1.165, 1.54) is 7.11 Å². The van der Waals surface area contributed by atoms with Crippen molar-refractivity contribution >= 4 is 20.4 Å². The van der Waals surface area contributed by atoms with E-state index in [9.17, 15) is 4.79 Å². The van der Waals surface area contributed by atoms with Gasteiger partial charge in [-0.15, -0.1) is 0 Å². The highest BCUT2D eigenvalue weighted by molar-refractivity contribution is 6.74. The van der Waals surface area contributed by atoms with E-state index >= 15 is 0 Å². The molecule has 0 amide bonds. The third kappa shape index (κ3) is 5.80. The number of carbonyl (C=O) groups excluding carboxylic acids is 1. The quantitative estimate of drug-likeness (QED) is 0.310. The molecule has 0 aromatic heterocycles. The monoisotopic (exact) mass is 350 g/mol. The largest absolute Gasteiger partial charge is 0.491 e. The Kier molecular flexibility index (Phi) is 7.23. The van der Waals surface area contributed by atoms with Crippen LogP contribution in [0, 0.1) is 0 Å². The van der Waals surface area contributed by atoms with E-state index in [0.29, 0.717) is 18.8 Å². The normalized spacial score (nSPS) is 12.9. The van der Waals surface area contributed by atoms with E-state index in [-0.39, 0.29) is 11.0 Å². The van der Waals surface area contributed by atoms with E-state index < -0.39 is 8.32 Å². The zero-order valence-electron chi connectivity index (χ0n) is 15.9. The number of rotatable bonds is 7. The van der Waals surface area contributed by atoms with Crippen molar-refractivity contribution in [3.05, 3.63) is 35.4 Å². The second kappa shape index (κ2) is 8.49. The number of methoxy groups -OCH3 is 1. The lowest BCUT2D eigenvalue weighted by Gasteiger charge is -2.36. The number of benzene rings is 1. The van der Waals surface area contributed by atoms with E-state index in [0.717, 1.165) is 11.3 Å². The molecule has 0 unspecified atom stereocenters. The lowest BCUT2D eigenvalue weighted by Crippen LogP contribution is -2.41. The highest BCUT2D eigenvalue weighted by Gasteiger charge is 2.36. The number of esters is 1. The van der Waals surface area contributed by atoms with Crippen LogP contribution < -0.4 is 4.74 Å². The molecule has 1 rings (SSSR count). The van der Waals surface area contributed by atoms with E-state index in [1.54, 1.807) is 13.0 Å². The van der Waals surface area contributed by atoms with Crippen molar-refractivity contribution in [2.45, 2.75) is 45.8 Å². The van der Waals surface area contributed by atoms with Crippen LogP contribution in [0.15, 0.2) is 29.8 Å². The average Bonchev–Trinajstić information content (AvgIpc) is 2.51. The highest BCUT2D eigenvalue weighted by Crippen LogP contribution is 2.36. The van der Waals surface area contributed by atoms with Crippen LogP contribution in [0.3, 0.4) is 0 Å². The maximum Gasteiger partial charge on any atom is 0.333 e. The van der Waals surface area contributed by atoms with Crippen molar-refractivity contribution in [2.75, 3.05) is 20.3 Å². The topological polar surface area (TPSA) is 44.8 Å². The summed E-state index contributed by atoms with van der Waals surface area (Å²) in [7, 11) is -0.381. The number of hydrogen-bond acceptors (Lipinski definition) is 4. The van der Waals surface area contributed by atoms with Gasteiger partial charge >= 0.3 is 5.97 Å². The van der Waals surface area contributed by atoms with Crippen LogP contribution in [0.1, 0.15) is 33.3 Å². The van der Waals surface area contributed by atoms with Gasteiger partial charge in [0.05, 0.1) is 13.7 Å². The molecule has 0 spiro atoms. The molecule has 0 fully saturated rings. The standard InChI is InChI=1S/C19H30O4Si/c1-15(18(20)21-5)14-16-10-8-9-11-17(16)22-12-13-23-24(6,7)19(2,3)4/h8-11,14H,12-13H2,1-7H3. The molecule has 1 aromatic carbocycles. The molecule has 0 saturated carbocycles. The summed E-state index contributed by atoms with van der Waals surface area (Å²) in [6, 6.07) is 7.63. The molecule has 0 saturated heterocycles. The van der Waals surface area contributed by atoms with Crippen molar-refractivity contribution in [3.8, 4) is 5.75 Å². The summed E-state index contributed by atoms with van der Waals surface area (Å²) in [5, 5.41) is 0.186. The molecule has 0 bridgehead atoms. The minimum atomic E-state index is -1.76. The van der Waals surface area contributed by atoms with Crippen LogP contribution in [-0.2, 0) is 14.0 Å². The van der Waals surface area contributed by atoms with Gasteiger partial charge in [0.25, 0.3) is 0 Å². The van der Waals surface area contributed by atoms with Gasteiger partial charge in [0.15, 0.2) is 8.32 Å². The average molecular weight is 351 g/mol. The summed E-state index contributed by atoms with van der Waals surface area (Å²) < 4.78 is 16.7. The van der Waals surface area contributed by atoms with Crippen LogP contribution in [0.4, 0.5) is 0 Å². The Morgan fingerprint density at radius 2 is 1.79 bits per heavy atom. The van der Waals surface area contributed by atoms with Crippen molar-refractivity contribution in [2.24, 2.45) is 0 Å². The summed E-state index contributed by atoms with van der Waals surface area (Å²) in [5.41, 5.74) is 1.39. The Bertz CT molecular complexity index is 585. The van der Waals surface area contributed by atoms with Gasteiger partial charge in [0.1, 0.15) is 12.4 Å². The van der Waals surface area contributed by atoms with Gasteiger partial charge in [0.2, 0.25) is 0 Å². The SMILES string of the molecule is COC(=O)C(C)=Cc1ccccc1OCCO[Si](C)(C)C(C)(C)C. The first-order valence-electron chi connectivity index (χ1n) is 8.21. The van der Waals surface area contributed by atoms with Crippen molar-refractivity contribution < 1.29 is 18.7 Å². The number of para-hydroxylation sites is 1. The molecule has 134 valence electrons. The second-order valence-corrected chi connectivity index (χ2v) is 12.1. The van der Waals surface area contributed by atoms with Gasteiger partial charge in [0, 0.05) is 11.1 Å². The molecule has 0 atom stereocenters. The van der Waals surface area contributed by atoms with E-state index in [2.05, 4.69) is 33.9 Å². The van der Waals surface area contributed by atoms with Gasteiger partial charge in [-0.3, -0.25) is 0 Å². The molecule has 0 radical (unpaired) electrons. The van der Waals surface area contributed by atoms with Crippen LogP contribution in [0.2, 0.25) is 18.1 Å². The predicted octanol–water partition coefficient (Wildman–Crippen LogP) is 4.66. The fourth-order valence-corrected chi connectivity index (χ4v) is 2.88. The molecule has 0 aliphatic heterocycles. The predicted molar refractivity (Wildman–Crippen MR) is 101 cm³/mol. The van der Waals surface area contributed by atoms with Crippen molar-refractivity contribution in [3.63, 3.8) is 0 Å². The lowest BCUT2D eigenvalue weighted by molar-refractivity contribution is -0.135. The number of hydrogen-bond donors (Lipinski definition) is 0. The van der Waals surface area contributed by atoms with Crippen LogP contribution in [0.25, 0.3) is 6.08 Å². The van der Waals surface area contributed by atoms with Crippen molar-refractivity contribution in [1.29, 1.82) is 0 Å². The summed E-state index contributed by atoms with van der Waals surface area (Å²) in [4.78, 5) is 11.5. The molecule has 24 heavy (non-hydrogen) atoms. The first kappa shape index (κ1) is 20.5. The van der Waals surface area contributed by atoms with Crippen LogP contribution >= 0.6 is 0 Å². The Morgan fingerprint density at radius 1 is 1.17 bits per heavy atom. The summed E-state index contributed by atoms with van der Waals surface area (Å²) in [6.45, 7) is 13.9. The molecular formula is C19H30O4Si. The maximum atomic E-state index is 11.5. The molecule has 5 heteroatoms. The van der Waals surface area contributed by atoms with E-state index in [4.69, 9.17) is 13.9 Å². The molecule has 0 aliphatic rings. The Hall–Kier alpha value is -1.59. The smallest absolute Gasteiger partial charge is 0.333 e. The summed E-state index contributed by atoms with van der Waals surface area (Å²) in [5.74, 6) is 0.394. The molecule has 0 aliphatic carbocycles. The minimum absolute atomic E-state index is 0.186. The fourth-order valence-electron chi connectivity index (χ4n) is 1.85. The third-order valence-electron chi connectivity index (χ3n) is 4.41. The summed E-state index contributed by atoms with van der Waals surface area (Å²) in [6.07, 6.45) is 1.77. The summed E-state index contributed by atoms with van der Waals surface area (Å²) >= 11 is 0. The van der Waals surface area contributed by atoms with Crippen LogP contribution in [-0.4, -0.2) is 34.6 Å². The second-order valence-electron chi connectivity index (χ2n) is 7.31. The molecule has 0 heterocycles. The zero-order valence-corrected chi connectivity index (χ0v) is 16.9. The van der Waals surface area contributed by atoms with Crippen molar-refractivity contribution in [1.82, 2.24) is 0 Å². The van der Waals surface area contributed by atoms with Gasteiger partial charge in [-0.1, -0.05) is 39.0 Å². The first-order valence-corrected chi connectivity index (χ1v) is 11.1. The van der Waals surface area contributed by atoms with Gasteiger partial charge in [-0.2, -0.15) is 0 Å². The maximum absolute atomic E-state index is 11.5. The molecule has 1 aromatic rings. The minimum Gasteiger partial charge on any atom is -0.491 e. The third-order valence-corrected chi connectivity index (χ3v) is 8.95. The van der Waals surface area contributed by atoms with E-state index in [1.807, 2.05) is 24.3 Å². The molecule has 0 N–H and O–H groups in total. The lowest BCUT2D eigenvalue weighted by atomic mass is 10.1. The first-order chi connectivity index (χ1) is 11.1. The Morgan fingerprint density at radius 3 is 2.38 bits per heavy atom.